The molecule has 0 radical (unpaired) electrons. The summed E-state index contributed by atoms with van der Waals surface area (Å²) >= 11 is 0. The molecule has 0 aromatic heterocycles. The number of ether oxygens (including phenoxy) is 4. The van der Waals surface area contributed by atoms with Gasteiger partial charge in [0.2, 0.25) is 5.91 Å². The number of benzene rings is 2. The summed E-state index contributed by atoms with van der Waals surface area (Å²) < 4.78 is 21.8. The van der Waals surface area contributed by atoms with Gasteiger partial charge in [-0.1, -0.05) is 43.3 Å². The number of likely N-dealkylation sites (tertiary alicyclic amines) is 1. The van der Waals surface area contributed by atoms with Crippen molar-refractivity contribution in [3.63, 3.8) is 0 Å². The minimum atomic E-state index is -0.484. The maximum atomic E-state index is 12.9. The highest BCUT2D eigenvalue weighted by Gasteiger charge is 2.36. The van der Waals surface area contributed by atoms with Crippen LogP contribution in [0.4, 0.5) is 10.5 Å². The number of esters is 2. The van der Waals surface area contributed by atoms with Gasteiger partial charge in [0.15, 0.2) is 0 Å². The van der Waals surface area contributed by atoms with Crippen molar-refractivity contribution in [2.75, 3.05) is 51.3 Å². The van der Waals surface area contributed by atoms with E-state index in [0.29, 0.717) is 51.3 Å². The van der Waals surface area contributed by atoms with E-state index in [-0.39, 0.29) is 62.3 Å². The van der Waals surface area contributed by atoms with Crippen LogP contribution in [0, 0.1) is 5.92 Å². The molecule has 2 amide bonds. The Hall–Kier alpha value is -3.96. The van der Waals surface area contributed by atoms with Gasteiger partial charge in [-0.2, -0.15) is 0 Å². The van der Waals surface area contributed by atoms with Gasteiger partial charge in [0.05, 0.1) is 31.7 Å². The van der Waals surface area contributed by atoms with Crippen molar-refractivity contribution in [2.45, 2.75) is 65.2 Å². The Balaban J connectivity index is 1.30. The van der Waals surface area contributed by atoms with Crippen LogP contribution in [0.15, 0.2) is 48.5 Å². The summed E-state index contributed by atoms with van der Waals surface area (Å²) in [5.74, 6) is -1.36. The van der Waals surface area contributed by atoms with Crippen LogP contribution in [-0.4, -0.2) is 85.8 Å². The fraction of sp³-hybridized carbons (Fsp3) is 0.529. The first-order valence-electron chi connectivity index (χ1n) is 15.8. The molecule has 1 N–H and O–H groups in total. The van der Waals surface area contributed by atoms with E-state index < -0.39 is 5.92 Å². The van der Waals surface area contributed by atoms with Gasteiger partial charge in [0.25, 0.3) is 0 Å². The van der Waals surface area contributed by atoms with Gasteiger partial charge in [0.1, 0.15) is 13.2 Å². The average Bonchev–Trinajstić information content (AvgIpc) is 3.05. The van der Waals surface area contributed by atoms with Crippen LogP contribution in [0.3, 0.4) is 0 Å². The molecule has 2 aromatic carbocycles. The number of nitrogens with one attached hydrogen (secondary N) is 1. The van der Waals surface area contributed by atoms with E-state index >= 15 is 0 Å². The first-order valence-corrected chi connectivity index (χ1v) is 15.8. The second-order valence-electron chi connectivity index (χ2n) is 11.3. The molecule has 2 heterocycles. The van der Waals surface area contributed by atoms with E-state index in [4.69, 9.17) is 18.9 Å². The second kappa shape index (κ2) is 16.9. The normalized spacial score (nSPS) is 17.6. The highest BCUT2D eigenvalue weighted by Crippen LogP contribution is 2.37. The molecule has 244 valence electrons. The monoisotopic (exact) mass is 623 g/mol. The maximum Gasteiger partial charge on any atom is 0.410 e. The number of piperidine rings is 1. The van der Waals surface area contributed by atoms with Crippen LogP contribution in [0.1, 0.15) is 62.8 Å². The SMILES string of the molecule is CCOC(=O)CCN1CCc2ccc(NC(=O)COC3CCN(C(=O)OCc4ccccc4)CC3)cc2C1C(C)C(=O)OCC. The standard InChI is InChI=1S/C34H45N3O8/c1-4-42-31(39)16-20-36-17-13-26-11-12-27(21-29(26)32(36)24(3)33(40)43-5-2)35-30(38)23-44-28-14-18-37(19-15-28)34(41)45-22-25-9-7-6-8-10-25/h6-12,21,24,28,32H,4-5,13-20,22-23H2,1-3H3,(H,35,38). The third-order valence-corrected chi connectivity index (χ3v) is 8.21. The number of anilines is 1. The molecule has 0 aliphatic carbocycles. The molecule has 0 bridgehead atoms. The van der Waals surface area contributed by atoms with Crippen molar-refractivity contribution < 1.29 is 38.1 Å². The van der Waals surface area contributed by atoms with E-state index in [1.165, 1.54) is 0 Å². The van der Waals surface area contributed by atoms with Gasteiger partial charge in [-0.05, 0) is 61.9 Å². The Kier molecular flexibility index (Phi) is 12.8. The summed E-state index contributed by atoms with van der Waals surface area (Å²) in [5, 5.41) is 2.93. The summed E-state index contributed by atoms with van der Waals surface area (Å²) in [5.41, 5.74) is 3.55. The van der Waals surface area contributed by atoms with Gasteiger partial charge in [-0.25, -0.2) is 4.79 Å². The fourth-order valence-electron chi connectivity index (χ4n) is 5.89. The molecular formula is C34H45N3O8. The number of carbonyl (C=O) groups excluding carboxylic acids is 4. The Morgan fingerprint density at radius 3 is 2.38 bits per heavy atom. The van der Waals surface area contributed by atoms with Crippen LogP contribution in [0.2, 0.25) is 0 Å². The molecule has 2 aliphatic heterocycles. The summed E-state index contributed by atoms with van der Waals surface area (Å²) in [6, 6.07) is 15.0. The van der Waals surface area contributed by atoms with Crippen molar-refractivity contribution in [2.24, 2.45) is 5.92 Å². The number of hydrogen-bond acceptors (Lipinski definition) is 9. The highest BCUT2D eigenvalue weighted by atomic mass is 16.6. The van der Waals surface area contributed by atoms with Crippen molar-refractivity contribution in [1.29, 1.82) is 0 Å². The lowest BCUT2D eigenvalue weighted by molar-refractivity contribution is -0.150. The van der Waals surface area contributed by atoms with Gasteiger partial charge in [-0.3, -0.25) is 19.3 Å². The van der Waals surface area contributed by atoms with E-state index in [1.54, 1.807) is 18.7 Å². The molecule has 11 heteroatoms. The molecule has 2 aromatic rings. The van der Waals surface area contributed by atoms with Gasteiger partial charge < -0.3 is 29.2 Å². The van der Waals surface area contributed by atoms with E-state index in [9.17, 15) is 19.2 Å². The molecule has 4 rings (SSSR count). The minimum Gasteiger partial charge on any atom is -0.466 e. The lowest BCUT2D eigenvalue weighted by Gasteiger charge is -2.40. The molecule has 2 aliphatic rings. The quantitative estimate of drug-likeness (QED) is 0.254. The average molecular weight is 624 g/mol. The van der Waals surface area contributed by atoms with Crippen molar-refractivity contribution >= 4 is 29.6 Å². The van der Waals surface area contributed by atoms with E-state index in [2.05, 4.69) is 10.2 Å². The largest absolute Gasteiger partial charge is 0.466 e. The van der Waals surface area contributed by atoms with Crippen LogP contribution in [-0.2, 0) is 46.4 Å². The van der Waals surface area contributed by atoms with Crippen molar-refractivity contribution in [3.05, 3.63) is 65.2 Å². The third-order valence-electron chi connectivity index (χ3n) is 8.21. The van der Waals surface area contributed by atoms with Crippen molar-refractivity contribution in [1.82, 2.24) is 9.80 Å². The molecule has 11 nitrogen and oxygen atoms in total. The summed E-state index contributed by atoms with van der Waals surface area (Å²) in [4.78, 5) is 54.0. The lowest BCUT2D eigenvalue weighted by atomic mass is 9.85. The first-order chi connectivity index (χ1) is 21.8. The molecule has 1 fully saturated rings. The van der Waals surface area contributed by atoms with Crippen LogP contribution < -0.4 is 5.32 Å². The predicted octanol–water partition coefficient (Wildman–Crippen LogP) is 4.49. The molecule has 0 saturated carbocycles. The molecule has 45 heavy (non-hydrogen) atoms. The summed E-state index contributed by atoms with van der Waals surface area (Å²) in [6.45, 7) is 8.22. The number of fused-ring (bicyclic) bond motifs is 1. The Bertz CT molecular complexity index is 1300. The van der Waals surface area contributed by atoms with Crippen LogP contribution in [0.5, 0.6) is 0 Å². The second-order valence-corrected chi connectivity index (χ2v) is 11.3. The zero-order valence-corrected chi connectivity index (χ0v) is 26.5. The first kappa shape index (κ1) is 33.9. The predicted molar refractivity (Wildman–Crippen MR) is 167 cm³/mol. The Morgan fingerprint density at radius 1 is 0.933 bits per heavy atom. The zero-order valence-electron chi connectivity index (χ0n) is 26.5. The fourth-order valence-corrected chi connectivity index (χ4v) is 5.89. The summed E-state index contributed by atoms with van der Waals surface area (Å²) in [7, 11) is 0. The van der Waals surface area contributed by atoms with Gasteiger partial charge in [0, 0.05) is 37.9 Å². The number of carbonyl (C=O) groups is 4. The smallest absolute Gasteiger partial charge is 0.410 e. The number of amides is 2. The molecular weight excluding hydrogens is 578 g/mol. The summed E-state index contributed by atoms with van der Waals surface area (Å²) in [6.07, 6.45) is 1.71. The number of hydrogen-bond donors (Lipinski definition) is 1. The van der Waals surface area contributed by atoms with E-state index in [0.717, 1.165) is 23.1 Å². The van der Waals surface area contributed by atoms with Gasteiger partial charge in [-0.15, -0.1) is 0 Å². The van der Waals surface area contributed by atoms with Gasteiger partial charge >= 0.3 is 18.0 Å². The topological polar surface area (TPSA) is 124 Å². The van der Waals surface area contributed by atoms with Crippen molar-refractivity contribution in [3.8, 4) is 0 Å². The molecule has 0 spiro atoms. The lowest BCUT2D eigenvalue weighted by Crippen LogP contribution is -2.42. The third kappa shape index (κ3) is 9.76. The number of rotatable bonds is 13. The Labute approximate surface area is 265 Å². The number of nitrogens with zero attached hydrogens (tertiary/aromatic N) is 2. The molecule has 2 atom stereocenters. The highest BCUT2D eigenvalue weighted by molar-refractivity contribution is 5.92. The van der Waals surface area contributed by atoms with Crippen LogP contribution >= 0.6 is 0 Å². The van der Waals surface area contributed by atoms with Crippen LogP contribution in [0.25, 0.3) is 0 Å². The zero-order chi connectivity index (χ0) is 32.2. The molecule has 2 unspecified atom stereocenters. The molecule has 1 saturated heterocycles. The Morgan fingerprint density at radius 2 is 1.67 bits per heavy atom. The maximum absolute atomic E-state index is 12.9. The van der Waals surface area contributed by atoms with E-state index in [1.807, 2.05) is 55.5 Å². The minimum absolute atomic E-state index is 0.117.